The molecular weight excluding hydrogens is 258 g/mol. The van der Waals surface area contributed by atoms with E-state index in [9.17, 15) is 8.42 Å². The third-order valence-corrected chi connectivity index (χ3v) is 4.73. The molecule has 0 amide bonds. The van der Waals surface area contributed by atoms with Crippen molar-refractivity contribution in [3.05, 3.63) is 18.0 Å². The van der Waals surface area contributed by atoms with E-state index in [1.807, 2.05) is 20.2 Å². The summed E-state index contributed by atoms with van der Waals surface area (Å²) in [5.41, 5.74) is 0.853. The number of nitrogens with one attached hydrogen (secondary N) is 3. The molecule has 1 unspecified atom stereocenters. The fourth-order valence-electron chi connectivity index (χ4n) is 1.26. The first-order valence-corrected chi connectivity index (χ1v) is 8.11. The minimum Gasteiger partial charge on any atom is -0.363 e. The van der Waals surface area contributed by atoms with Crippen LogP contribution in [0.25, 0.3) is 0 Å². The second-order valence-electron chi connectivity index (χ2n) is 3.79. The van der Waals surface area contributed by atoms with E-state index in [1.165, 1.54) is 6.20 Å². The van der Waals surface area contributed by atoms with E-state index in [0.29, 0.717) is 13.1 Å². The van der Waals surface area contributed by atoms with Crippen LogP contribution in [-0.4, -0.2) is 38.5 Å². The van der Waals surface area contributed by atoms with Gasteiger partial charge in [-0.15, -0.1) is 0 Å². The number of sulfonamides is 1. The molecule has 17 heavy (non-hydrogen) atoms. The predicted octanol–water partition coefficient (Wildman–Crippen LogP) is 0.764. The van der Waals surface area contributed by atoms with E-state index in [0.717, 1.165) is 5.69 Å². The second-order valence-corrected chi connectivity index (χ2v) is 6.83. The van der Waals surface area contributed by atoms with Crippen LogP contribution in [0.2, 0.25) is 0 Å². The van der Waals surface area contributed by atoms with Crippen molar-refractivity contribution in [3.8, 4) is 0 Å². The lowest BCUT2D eigenvalue weighted by molar-refractivity contribution is 0.581. The molecule has 0 spiro atoms. The molecule has 0 aliphatic rings. The topological polar surface area (TPSA) is 74.0 Å². The molecule has 0 saturated carbocycles. The highest BCUT2D eigenvalue weighted by atomic mass is 32.2. The zero-order valence-corrected chi connectivity index (χ0v) is 11.9. The molecule has 1 aromatic heterocycles. The monoisotopic (exact) mass is 277 g/mol. The van der Waals surface area contributed by atoms with Gasteiger partial charge in [-0.3, -0.25) is 0 Å². The lowest BCUT2D eigenvalue weighted by Gasteiger charge is -2.09. The van der Waals surface area contributed by atoms with Crippen molar-refractivity contribution in [2.45, 2.75) is 23.6 Å². The summed E-state index contributed by atoms with van der Waals surface area (Å²) in [7, 11) is -1.57. The Labute approximate surface area is 107 Å². The number of rotatable bonds is 7. The summed E-state index contributed by atoms with van der Waals surface area (Å²) in [6.07, 6.45) is 3.47. The highest BCUT2D eigenvalue weighted by molar-refractivity contribution is 7.99. The van der Waals surface area contributed by atoms with E-state index in [4.69, 9.17) is 0 Å². The first-order valence-electron chi connectivity index (χ1n) is 5.34. The molecule has 0 aromatic carbocycles. The van der Waals surface area contributed by atoms with Gasteiger partial charge in [0.1, 0.15) is 0 Å². The lowest BCUT2D eigenvalue weighted by Crippen LogP contribution is -2.29. The maximum absolute atomic E-state index is 11.9. The SMILES string of the molecule is CNCc1cc(S(=O)(=O)NCC(C)SC)c[nH]1. The molecule has 1 aromatic rings. The first-order chi connectivity index (χ1) is 7.99. The summed E-state index contributed by atoms with van der Waals surface area (Å²) in [6.45, 7) is 3.05. The number of hydrogen-bond acceptors (Lipinski definition) is 4. The first kappa shape index (κ1) is 14.6. The second kappa shape index (κ2) is 6.44. The summed E-state index contributed by atoms with van der Waals surface area (Å²) in [6, 6.07) is 1.64. The smallest absolute Gasteiger partial charge is 0.242 e. The molecule has 0 fully saturated rings. The zero-order valence-electron chi connectivity index (χ0n) is 10.3. The molecular formula is C10H19N3O2S2. The van der Waals surface area contributed by atoms with Crippen LogP contribution in [0.15, 0.2) is 17.2 Å². The van der Waals surface area contributed by atoms with Crippen LogP contribution in [0.3, 0.4) is 0 Å². The minimum absolute atomic E-state index is 0.264. The third kappa shape index (κ3) is 4.34. The van der Waals surface area contributed by atoms with Crippen molar-refractivity contribution in [2.24, 2.45) is 0 Å². The average molecular weight is 277 g/mol. The zero-order chi connectivity index (χ0) is 12.9. The van der Waals surface area contributed by atoms with Gasteiger partial charge in [0, 0.05) is 30.2 Å². The van der Waals surface area contributed by atoms with Crippen LogP contribution in [0.1, 0.15) is 12.6 Å². The molecule has 0 bridgehead atoms. The highest BCUT2D eigenvalue weighted by Crippen LogP contribution is 2.11. The van der Waals surface area contributed by atoms with Gasteiger partial charge in [0.2, 0.25) is 10.0 Å². The van der Waals surface area contributed by atoms with E-state index in [2.05, 4.69) is 15.0 Å². The van der Waals surface area contributed by atoms with Gasteiger partial charge in [0.15, 0.2) is 0 Å². The standard InChI is InChI=1S/C10H19N3O2S2/c1-8(16-3)5-13-17(14,15)10-4-9(6-11-2)12-7-10/h4,7-8,11-13H,5-6H2,1-3H3. The van der Waals surface area contributed by atoms with E-state index >= 15 is 0 Å². The maximum Gasteiger partial charge on any atom is 0.242 e. The highest BCUT2D eigenvalue weighted by Gasteiger charge is 2.16. The van der Waals surface area contributed by atoms with Gasteiger partial charge in [0.05, 0.1) is 4.90 Å². The summed E-state index contributed by atoms with van der Waals surface area (Å²) < 4.78 is 26.4. The van der Waals surface area contributed by atoms with Crippen LogP contribution < -0.4 is 10.0 Å². The summed E-state index contributed by atoms with van der Waals surface area (Å²) >= 11 is 1.63. The summed E-state index contributed by atoms with van der Waals surface area (Å²) in [5.74, 6) is 0. The predicted molar refractivity (Wildman–Crippen MR) is 71.7 cm³/mol. The van der Waals surface area contributed by atoms with Crippen molar-refractivity contribution in [1.29, 1.82) is 0 Å². The molecule has 5 nitrogen and oxygen atoms in total. The van der Waals surface area contributed by atoms with Crippen LogP contribution >= 0.6 is 11.8 Å². The molecule has 0 aliphatic carbocycles. The van der Waals surface area contributed by atoms with Gasteiger partial charge < -0.3 is 10.3 Å². The van der Waals surface area contributed by atoms with Crippen LogP contribution in [0.4, 0.5) is 0 Å². The third-order valence-electron chi connectivity index (χ3n) is 2.36. The Kier molecular flexibility index (Phi) is 5.51. The Balaban J connectivity index is 2.68. The van der Waals surface area contributed by atoms with Crippen molar-refractivity contribution in [3.63, 3.8) is 0 Å². The molecule has 3 N–H and O–H groups in total. The Hall–Kier alpha value is -0.500. The quantitative estimate of drug-likeness (QED) is 0.688. The number of H-pyrrole nitrogens is 1. The fraction of sp³-hybridized carbons (Fsp3) is 0.600. The van der Waals surface area contributed by atoms with Crippen LogP contribution in [0, 0.1) is 0 Å². The van der Waals surface area contributed by atoms with Crippen LogP contribution in [-0.2, 0) is 16.6 Å². The van der Waals surface area contributed by atoms with Gasteiger partial charge in [-0.2, -0.15) is 11.8 Å². The van der Waals surface area contributed by atoms with E-state index in [1.54, 1.807) is 17.8 Å². The molecule has 1 heterocycles. The molecule has 98 valence electrons. The molecule has 0 radical (unpaired) electrons. The molecule has 0 saturated heterocycles. The van der Waals surface area contributed by atoms with Gasteiger partial charge in [0.25, 0.3) is 0 Å². The van der Waals surface area contributed by atoms with E-state index in [-0.39, 0.29) is 10.1 Å². The summed E-state index contributed by atoms with van der Waals surface area (Å²) in [4.78, 5) is 3.22. The van der Waals surface area contributed by atoms with Crippen molar-refractivity contribution in [1.82, 2.24) is 15.0 Å². The molecule has 1 atom stereocenters. The van der Waals surface area contributed by atoms with Crippen molar-refractivity contribution in [2.75, 3.05) is 19.8 Å². The fourth-order valence-corrected chi connectivity index (χ4v) is 2.76. The van der Waals surface area contributed by atoms with Crippen LogP contribution in [0.5, 0.6) is 0 Å². The largest absolute Gasteiger partial charge is 0.363 e. The van der Waals surface area contributed by atoms with Crippen molar-refractivity contribution < 1.29 is 8.42 Å². The lowest BCUT2D eigenvalue weighted by atomic mass is 10.4. The van der Waals surface area contributed by atoms with E-state index < -0.39 is 10.0 Å². The Morgan fingerprint density at radius 3 is 2.82 bits per heavy atom. The summed E-state index contributed by atoms with van der Waals surface area (Å²) in [5, 5.41) is 3.22. The van der Waals surface area contributed by atoms with Gasteiger partial charge in [-0.1, -0.05) is 6.92 Å². The molecule has 0 aliphatic heterocycles. The number of aromatic amines is 1. The normalized spacial score (nSPS) is 13.8. The Morgan fingerprint density at radius 2 is 2.24 bits per heavy atom. The van der Waals surface area contributed by atoms with Gasteiger partial charge >= 0.3 is 0 Å². The number of aromatic nitrogens is 1. The average Bonchev–Trinajstić information content (AvgIpc) is 2.76. The number of thioether (sulfide) groups is 1. The molecule has 7 heteroatoms. The Morgan fingerprint density at radius 1 is 1.53 bits per heavy atom. The number of hydrogen-bond donors (Lipinski definition) is 3. The minimum atomic E-state index is -3.39. The molecule has 1 rings (SSSR count). The Bertz CT molecular complexity index is 442. The van der Waals surface area contributed by atoms with Gasteiger partial charge in [-0.05, 0) is 19.4 Å². The maximum atomic E-state index is 11.9. The van der Waals surface area contributed by atoms with Gasteiger partial charge in [-0.25, -0.2) is 13.1 Å². The van der Waals surface area contributed by atoms with Crippen molar-refractivity contribution >= 4 is 21.8 Å².